The third kappa shape index (κ3) is 1.43. The third-order valence-electron chi connectivity index (χ3n) is 2.73. The Kier molecular flexibility index (Phi) is 2.10. The van der Waals surface area contributed by atoms with E-state index in [1.54, 1.807) is 24.3 Å². The van der Waals surface area contributed by atoms with Gasteiger partial charge in [0, 0.05) is 17.9 Å². The maximum absolute atomic E-state index is 13.0. The summed E-state index contributed by atoms with van der Waals surface area (Å²) in [4.78, 5) is 10.5. The molecular formula is C11H10F2O. The number of rotatable bonds is 2. The molecule has 1 aromatic carbocycles. The Bertz CT molecular complexity index is 360. The van der Waals surface area contributed by atoms with E-state index in [4.69, 9.17) is 0 Å². The maximum Gasteiger partial charge on any atom is 0.254 e. The molecule has 1 atom stereocenters. The second-order valence-electron chi connectivity index (χ2n) is 3.64. The molecule has 74 valence electrons. The van der Waals surface area contributed by atoms with Crippen molar-refractivity contribution in [2.45, 2.75) is 24.7 Å². The van der Waals surface area contributed by atoms with Crippen molar-refractivity contribution in [1.29, 1.82) is 0 Å². The Balaban J connectivity index is 2.28. The first-order chi connectivity index (χ1) is 6.63. The van der Waals surface area contributed by atoms with Crippen LogP contribution in [-0.2, 0) is 0 Å². The number of hydrogen-bond acceptors (Lipinski definition) is 1. The summed E-state index contributed by atoms with van der Waals surface area (Å²) < 4.78 is 26.1. The highest BCUT2D eigenvalue weighted by atomic mass is 19.3. The molecule has 0 N–H and O–H groups in total. The van der Waals surface area contributed by atoms with Gasteiger partial charge >= 0.3 is 0 Å². The number of carbonyl (C=O) groups is 1. The molecule has 0 saturated heterocycles. The minimum Gasteiger partial charge on any atom is -0.298 e. The van der Waals surface area contributed by atoms with Crippen LogP contribution in [0.15, 0.2) is 24.3 Å². The van der Waals surface area contributed by atoms with Gasteiger partial charge in [-0.2, -0.15) is 0 Å². The van der Waals surface area contributed by atoms with E-state index in [-0.39, 0.29) is 6.42 Å². The normalized spacial score (nSPS) is 24.0. The summed E-state index contributed by atoms with van der Waals surface area (Å²) in [6, 6.07) is 6.47. The standard InChI is InChI=1S/C11H10F2O/c12-11(13)5-4-10(11)9-3-1-2-8(6-9)7-14/h1-3,6-7,10H,4-5H2. The summed E-state index contributed by atoms with van der Waals surface area (Å²) in [5.41, 5.74) is 1.04. The van der Waals surface area contributed by atoms with Gasteiger partial charge in [0.25, 0.3) is 5.92 Å². The fourth-order valence-electron chi connectivity index (χ4n) is 1.77. The van der Waals surface area contributed by atoms with E-state index in [1.807, 2.05) is 0 Å². The number of aldehydes is 1. The molecule has 0 amide bonds. The van der Waals surface area contributed by atoms with E-state index in [9.17, 15) is 13.6 Å². The maximum atomic E-state index is 13.0. The average Bonchev–Trinajstić information content (AvgIpc) is 2.17. The lowest BCUT2D eigenvalue weighted by Crippen LogP contribution is -2.36. The third-order valence-corrected chi connectivity index (χ3v) is 2.73. The van der Waals surface area contributed by atoms with Crippen LogP contribution in [0.4, 0.5) is 8.78 Å². The van der Waals surface area contributed by atoms with Gasteiger partial charge in [0.05, 0.1) is 0 Å². The molecule has 3 heteroatoms. The van der Waals surface area contributed by atoms with Crippen molar-refractivity contribution in [3.63, 3.8) is 0 Å². The zero-order valence-corrected chi connectivity index (χ0v) is 7.54. The minimum atomic E-state index is -2.58. The van der Waals surface area contributed by atoms with Gasteiger partial charge < -0.3 is 0 Å². The van der Waals surface area contributed by atoms with Crippen molar-refractivity contribution < 1.29 is 13.6 Å². The molecule has 0 heterocycles. The first kappa shape index (κ1) is 9.31. The van der Waals surface area contributed by atoms with Crippen LogP contribution in [0.5, 0.6) is 0 Å². The van der Waals surface area contributed by atoms with E-state index >= 15 is 0 Å². The fraction of sp³-hybridized carbons (Fsp3) is 0.364. The number of alkyl halides is 2. The molecule has 14 heavy (non-hydrogen) atoms. The Hall–Kier alpha value is -1.25. The second kappa shape index (κ2) is 3.15. The van der Waals surface area contributed by atoms with Crippen LogP contribution in [0, 0.1) is 0 Å². The van der Waals surface area contributed by atoms with Crippen molar-refractivity contribution in [2.24, 2.45) is 0 Å². The SMILES string of the molecule is O=Cc1cccc(C2CCC2(F)F)c1. The summed E-state index contributed by atoms with van der Waals surface area (Å²) in [5.74, 6) is -3.27. The number of halogens is 2. The van der Waals surface area contributed by atoms with Crippen LogP contribution in [-0.4, -0.2) is 12.2 Å². The lowest BCUT2D eigenvalue weighted by molar-refractivity contribution is -0.0962. The average molecular weight is 196 g/mol. The van der Waals surface area contributed by atoms with E-state index in [1.165, 1.54) is 0 Å². The van der Waals surface area contributed by atoms with Crippen LogP contribution in [0.25, 0.3) is 0 Å². The van der Waals surface area contributed by atoms with Crippen molar-refractivity contribution in [2.75, 3.05) is 0 Å². The molecule has 1 aromatic rings. The highest BCUT2D eigenvalue weighted by Crippen LogP contribution is 2.49. The van der Waals surface area contributed by atoms with E-state index in [0.717, 1.165) is 0 Å². The Morgan fingerprint density at radius 1 is 1.43 bits per heavy atom. The summed E-state index contributed by atoms with van der Waals surface area (Å²) in [6.45, 7) is 0. The zero-order chi connectivity index (χ0) is 10.2. The number of carbonyl (C=O) groups excluding carboxylic acids is 1. The molecule has 1 unspecified atom stereocenters. The Morgan fingerprint density at radius 2 is 2.21 bits per heavy atom. The van der Waals surface area contributed by atoms with Crippen molar-refractivity contribution in [1.82, 2.24) is 0 Å². The van der Waals surface area contributed by atoms with E-state index in [0.29, 0.717) is 23.8 Å². The van der Waals surface area contributed by atoms with Crippen molar-refractivity contribution in [3.8, 4) is 0 Å². The lowest BCUT2D eigenvalue weighted by atomic mass is 9.76. The molecule has 1 saturated carbocycles. The molecule has 1 fully saturated rings. The second-order valence-corrected chi connectivity index (χ2v) is 3.64. The van der Waals surface area contributed by atoms with Crippen LogP contribution in [0.3, 0.4) is 0 Å². The first-order valence-electron chi connectivity index (χ1n) is 4.56. The first-order valence-corrected chi connectivity index (χ1v) is 4.56. The fourth-order valence-corrected chi connectivity index (χ4v) is 1.77. The number of benzene rings is 1. The smallest absolute Gasteiger partial charge is 0.254 e. The van der Waals surface area contributed by atoms with Gasteiger partial charge in [0.15, 0.2) is 0 Å². The van der Waals surface area contributed by atoms with E-state index in [2.05, 4.69) is 0 Å². The highest BCUT2D eigenvalue weighted by molar-refractivity contribution is 5.75. The lowest BCUT2D eigenvalue weighted by Gasteiger charge is -2.36. The summed E-state index contributed by atoms with van der Waals surface area (Å²) >= 11 is 0. The minimum absolute atomic E-state index is 0.0387. The highest BCUT2D eigenvalue weighted by Gasteiger charge is 2.48. The summed E-state index contributed by atoms with van der Waals surface area (Å²) in [5, 5.41) is 0. The molecule has 0 radical (unpaired) electrons. The molecule has 1 aliphatic rings. The summed E-state index contributed by atoms with van der Waals surface area (Å²) in [7, 11) is 0. The summed E-state index contributed by atoms with van der Waals surface area (Å²) in [6.07, 6.45) is 1.15. The number of hydrogen-bond donors (Lipinski definition) is 0. The predicted molar refractivity (Wildman–Crippen MR) is 48.8 cm³/mol. The molecule has 0 aliphatic heterocycles. The largest absolute Gasteiger partial charge is 0.298 e. The van der Waals surface area contributed by atoms with Gasteiger partial charge in [0.1, 0.15) is 6.29 Å². The van der Waals surface area contributed by atoms with E-state index < -0.39 is 11.8 Å². The Labute approximate surface area is 80.7 Å². The quantitative estimate of drug-likeness (QED) is 0.664. The van der Waals surface area contributed by atoms with Crippen molar-refractivity contribution >= 4 is 6.29 Å². The van der Waals surface area contributed by atoms with Gasteiger partial charge in [-0.15, -0.1) is 0 Å². The van der Waals surface area contributed by atoms with Gasteiger partial charge in [-0.1, -0.05) is 18.2 Å². The molecule has 1 nitrogen and oxygen atoms in total. The van der Waals surface area contributed by atoms with Crippen LogP contribution >= 0.6 is 0 Å². The zero-order valence-electron chi connectivity index (χ0n) is 7.54. The van der Waals surface area contributed by atoms with Gasteiger partial charge in [0.2, 0.25) is 0 Å². The van der Waals surface area contributed by atoms with Crippen molar-refractivity contribution in [3.05, 3.63) is 35.4 Å². The van der Waals surface area contributed by atoms with Gasteiger partial charge in [-0.25, -0.2) is 8.78 Å². The molecule has 0 spiro atoms. The Morgan fingerprint density at radius 3 is 2.71 bits per heavy atom. The van der Waals surface area contributed by atoms with Gasteiger partial charge in [-0.3, -0.25) is 4.79 Å². The predicted octanol–water partition coefficient (Wildman–Crippen LogP) is 3.01. The monoisotopic (exact) mass is 196 g/mol. The molecule has 0 bridgehead atoms. The van der Waals surface area contributed by atoms with Crippen LogP contribution < -0.4 is 0 Å². The molecule has 2 rings (SSSR count). The molecule has 1 aliphatic carbocycles. The molecular weight excluding hydrogens is 186 g/mol. The topological polar surface area (TPSA) is 17.1 Å². The molecule has 0 aromatic heterocycles. The van der Waals surface area contributed by atoms with Crippen LogP contribution in [0.1, 0.15) is 34.7 Å². The van der Waals surface area contributed by atoms with Gasteiger partial charge in [-0.05, 0) is 18.1 Å². The van der Waals surface area contributed by atoms with Crippen LogP contribution in [0.2, 0.25) is 0 Å².